The topological polar surface area (TPSA) is 73.7 Å². The average molecular weight is 288 g/mol. The number of aromatic nitrogens is 2. The lowest BCUT2D eigenvalue weighted by Gasteiger charge is -2.18. The van der Waals surface area contributed by atoms with Gasteiger partial charge in [-0.3, -0.25) is 0 Å². The van der Waals surface area contributed by atoms with Gasteiger partial charge in [0.25, 0.3) is 0 Å². The summed E-state index contributed by atoms with van der Waals surface area (Å²) in [4.78, 5) is 8.37. The van der Waals surface area contributed by atoms with Crippen LogP contribution in [0.3, 0.4) is 0 Å². The second kappa shape index (κ2) is 5.57. The van der Waals surface area contributed by atoms with Gasteiger partial charge in [0, 0.05) is 5.56 Å². The fourth-order valence-corrected chi connectivity index (χ4v) is 2.46. The van der Waals surface area contributed by atoms with Gasteiger partial charge in [-0.1, -0.05) is 18.2 Å². The Hall–Kier alpha value is -2.34. The van der Waals surface area contributed by atoms with Crippen LogP contribution in [0.4, 0.5) is 0 Å². The first-order valence-electron chi connectivity index (χ1n) is 6.59. The first-order chi connectivity index (χ1) is 10.2. The first-order valence-corrected chi connectivity index (χ1v) is 6.59. The SMILES string of the molecule is COc1cnc(C(O)C2COc3ccccc32)c(OC)n1. The van der Waals surface area contributed by atoms with Gasteiger partial charge in [0.05, 0.1) is 32.9 Å². The lowest BCUT2D eigenvalue weighted by molar-refractivity contribution is 0.121. The zero-order valence-corrected chi connectivity index (χ0v) is 11.8. The molecule has 6 heteroatoms. The summed E-state index contributed by atoms with van der Waals surface area (Å²) in [6.07, 6.45) is 0.602. The van der Waals surface area contributed by atoms with Crippen molar-refractivity contribution in [1.29, 1.82) is 0 Å². The van der Waals surface area contributed by atoms with Crippen molar-refractivity contribution in [3.63, 3.8) is 0 Å². The number of aliphatic hydroxyl groups excluding tert-OH is 1. The maximum absolute atomic E-state index is 10.6. The fourth-order valence-electron chi connectivity index (χ4n) is 2.46. The Morgan fingerprint density at radius 1 is 1.29 bits per heavy atom. The summed E-state index contributed by atoms with van der Waals surface area (Å²) in [5.41, 5.74) is 1.34. The molecule has 1 aromatic carbocycles. The Labute approximate surface area is 122 Å². The summed E-state index contributed by atoms with van der Waals surface area (Å²) in [6.45, 7) is 0.400. The zero-order chi connectivity index (χ0) is 14.8. The highest BCUT2D eigenvalue weighted by atomic mass is 16.5. The van der Waals surface area contributed by atoms with Crippen LogP contribution in [-0.2, 0) is 0 Å². The number of hydrogen-bond donors (Lipinski definition) is 1. The standard InChI is InChI=1S/C15H16N2O4/c1-19-12-7-16-13(15(17-12)20-2)14(18)10-8-21-11-6-4-3-5-9(10)11/h3-7,10,14,18H,8H2,1-2H3. The van der Waals surface area contributed by atoms with E-state index in [1.165, 1.54) is 20.4 Å². The number of aliphatic hydroxyl groups is 1. The predicted octanol–water partition coefficient (Wildman–Crippen LogP) is 1.70. The summed E-state index contributed by atoms with van der Waals surface area (Å²) in [6, 6.07) is 7.66. The van der Waals surface area contributed by atoms with Crippen LogP contribution in [0.2, 0.25) is 0 Å². The minimum Gasteiger partial charge on any atom is -0.493 e. The van der Waals surface area contributed by atoms with Gasteiger partial charge < -0.3 is 19.3 Å². The Kier molecular flexibility index (Phi) is 3.62. The van der Waals surface area contributed by atoms with E-state index in [2.05, 4.69) is 9.97 Å². The van der Waals surface area contributed by atoms with E-state index in [9.17, 15) is 5.11 Å². The normalized spacial score (nSPS) is 17.8. The van der Waals surface area contributed by atoms with E-state index in [0.717, 1.165) is 11.3 Å². The summed E-state index contributed by atoms with van der Waals surface area (Å²) >= 11 is 0. The summed E-state index contributed by atoms with van der Waals surface area (Å²) in [7, 11) is 2.99. The molecular weight excluding hydrogens is 272 g/mol. The van der Waals surface area contributed by atoms with Gasteiger partial charge >= 0.3 is 0 Å². The van der Waals surface area contributed by atoms with Gasteiger partial charge in [-0.2, -0.15) is 4.98 Å². The molecule has 2 unspecified atom stereocenters. The van der Waals surface area contributed by atoms with E-state index in [-0.39, 0.29) is 11.8 Å². The molecule has 0 bridgehead atoms. The maximum Gasteiger partial charge on any atom is 0.241 e. The van der Waals surface area contributed by atoms with E-state index < -0.39 is 6.10 Å². The van der Waals surface area contributed by atoms with E-state index in [0.29, 0.717) is 18.2 Å². The highest BCUT2D eigenvalue weighted by Gasteiger charge is 2.34. The molecule has 1 aliphatic rings. The molecule has 1 aliphatic heterocycles. The summed E-state index contributed by atoms with van der Waals surface area (Å²) in [5, 5.41) is 10.6. The van der Waals surface area contributed by atoms with Crippen molar-refractivity contribution in [3.8, 4) is 17.5 Å². The lowest BCUT2D eigenvalue weighted by Crippen LogP contribution is -2.15. The number of ether oxygens (including phenoxy) is 3. The van der Waals surface area contributed by atoms with Crippen molar-refractivity contribution in [3.05, 3.63) is 41.7 Å². The van der Waals surface area contributed by atoms with E-state index in [1.54, 1.807) is 0 Å². The van der Waals surface area contributed by atoms with Gasteiger partial charge in [-0.25, -0.2) is 4.98 Å². The molecule has 0 aliphatic carbocycles. The average Bonchev–Trinajstić information content (AvgIpc) is 2.97. The first kappa shape index (κ1) is 13.6. The smallest absolute Gasteiger partial charge is 0.241 e. The largest absolute Gasteiger partial charge is 0.493 e. The van der Waals surface area contributed by atoms with Crippen molar-refractivity contribution in [2.45, 2.75) is 12.0 Å². The van der Waals surface area contributed by atoms with Crippen LogP contribution in [0.5, 0.6) is 17.5 Å². The second-order valence-corrected chi connectivity index (χ2v) is 4.71. The predicted molar refractivity (Wildman–Crippen MR) is 74.8 cm³/mol. The number of hydrogen-bond acceptors (Lipinski definition) is 6. The summed E-state index contributed by atoms with van der Waals surface area (Å²) in [5.74, 6) is 1.19. The van der Waals surface area contributed by atoms with E-state index >= 15 is 0 Å². The molecule has 2 aromatic rings. The number of para-hydroxylation sites is 1. The van der Waals surface area contributed by atoms with Crippen molar-refractivity contribution in [1.82, 2.24) is 9.97 Å². The molecule has 0 saturated carbocycles. The van der Waals surface area contributed by atoms with Crippen molar-refractivity contribution >= 4 is 0 Å². The minimum absolute atomic E-state index is 0.196. The van der Waals surface area contributed by atoms with Crippen molar-refractivity contribution in [2.24, 2.45) is 0 Å². The van der Waals surface area contributed by atoms with Crippen molar-refractivity contribution < 1.29 is 19.3 Å². The molecule has 0 fully saturated rings. The highest BCUT2D eigenvalue weighted by Crippen LogP contribution is 2.42. The van der Waals surface area contributed by atoms with Gasteiger partial charge in [-0.05, 0) is 6.07 Å². The number of fused-ring (bicyclic) bond motifs is 1. The molecule has 1 aromatic heterocycles. The Balaban J connectivity index is 1.94. The molecule has 6 nitrogen and oxygen atoms in total. The van der Waals surface area contributed by atoms with Gasteiger partial charge in [-0.15, -0.1) is 0 Å². The van der Waals surface area contributed by atoms with Crippen LogP contribution in [0.25, 0.3) is 0 Å². The number of methoxy groups -OCH3 is 2. The monoisotopic (exact) mass is 288 g/mol. The third-order valence-electron chi connectivity index (χ3n) is 3.55. The van der Waals surface area contributed by atoms with Crippen LogP contribution < -0.4 is 14.2 Å². The Morgan fingerprint density at radius 3 is 2.86 bits per heavy atom. The fraction of sp³-hybridized carbons (Fsp3) is 0.333. The number of rotatable bonds is 4. The molecule has 0 amide bonds. The third-order valence-corrected chi connectivity index (χ3v) is 3.55. The Bertz CT molecular complexity index is 647. The number of nitrogens with zero attached hydrogens (tertiary/aromatic N) is 2. The van der Waals surface area contributed by atoms with Crippen LogP contribution in [0, 0.1) is 0 Å². The van der Waals surface area contributed by atoms with Crippen LogP contribution in [0.15, 0.2) is 30.5 Å². The highest BCUT2D eigenvalue weighted by molar-refractivity contribution is 5.42. The van der Waals surface area contributed by atoms with Crippen molar-refractivity contribution in [2.75, 3.05) is 20.8 Å². The van der Waals surface area contributed by atoms with Crippen LogP contribution in [-0.4, -0.2) is 35.9 Å². The summed E-state index contributed by atoms with van der Waals surface area (Å²) < 4.78 is 15.8. The van der Waals surface area contributed by atoms with E-state index in [1.807, 2.05) is 24.3 Å². The second-order valence-electron chi connectivity index (χ2n) is 4.71. The molecule has 21 heavy (non-hydrogen) atoms. The maximum atomic E-state index is 10.6. The quantitative estimate of drug-likeness (QED) is 0.923. The number of benzene rings is 1. The van der Waals surface area contributed by atoms with Gasteiger partial charge in [0.15, 0.2) is 0 Å². The molecule has 2 atom stereocenters. The molecule has 0 spiro atoms. The van der Waals surface area contributed by atoms with Gasteiger partial charge in [0.2, 0.25) is 11.8 Å². The van der Waals surface area contributed by atoms with Crippen LogP contribution in [0.1, 0.15) is 23.3 Å². The lowest BCUT2D eigenvalue weighted by atomic mass is 9.93. The van der Waals surface area contributed by atoms with E-state index in [4.69, 9.17) is 14.2 Å². The zero-order valence-electron chi connectivity index (χ0n) is 11.8. The molecule has 110 valence electrons. The molecular formula is C15H16N2O4. The van der Waals surface area contributed by atoms with Gasteiger partial charge in [0.1, 0.15) is 17.5 Å². The van der Waals surface area contributed by atoms with Crippen LogP contribution >= 0.6 is 0 Å². The minimum atomic E-state index is -0.859. The molecule has 3 rings (SSSR count). The Morgan fingerprint density at radius 2 is 2.10 bits per heavy atom. The molecule has 0 radical (unpaired) electrons. The molecule has 1 N–H and O–H groups in total. The molecule has 0 saturated heterocycles. The molecule has 2 heterocycles. The third kappa shape index (κ3) is 2.38.